The van der Waals surface area contributed by atoms with Crippen molar-refractivity contribution < 1.29 is 18.3 Å². The number of ether oxygens (including phenoxy) is 1. The van der Waals surface area contributed by atoms with Crippen LogP contribution in [0.3, 0.4) is 0 Å². The van der Waals surface area contributed by atoms with E-state index in [1.54, 1.807) is 6.07 Å². The van der Waals surface area contributed by atoms with Crippen LogP contribution in [0.1, 0.15) is 36.9 Å². The smallest absolute Gasteiger partial charge is 0.318 e. The lowest BCUT2D eigenvalue weighted by Gasteiger charge is -2.41. The topological polar surface area (TPSA) is 69.4 Å². The molecule has 9 nitrogen and oxygen atoms in total. The van der Waals surface area contributed by atoms with Gasteiger partial charge in [-0.2, -0.15) is 9.97 Å². The van der Waals surface area contributed by atoms with Crippen LogP contribution in [0.25, 0.3) is 15.6 Å². The van der Waals surface area contributed by atoms with Crippen LogP contribution >= 0.6 is 11.6 Å². The molecule has 3 heterocycles. The van der Waals surface area contributed by atoms with Crippen LogP contribution in [0, 0.1) is 17.8 Å². The molecule has 1 aromatic heterocycles. The Balaban J connectivity index is 1.21. The lowest BCUT2D eigenvalue weighted by Crippen LogP contribution is -2.57. The van der Waals surface area contributed by atoms with E-state index in [-0.39, 0.29) is 23.5 Å². The second-order valence-electron chi connectivity index (χ2n) is 13.4. The zero-order valence-electron chi connectivity index (χ0n) is 26.5. The molecular formula is C35H38ClF2N7O2. The van der Waals surface area contributed by atoms with Gasteiger partial charge in [-0.05, 0) is 56.7 Å². The summed E-state index contributed by atoms with van der Waals surface area (Å²) in [6.45, 7) is 14.2. The molecule has 0 spiro atoms. The fraction of sp³-hybridized carbons (Fsp3) is 0.486. The predicted molar refractivity (Wildman–Crippen MR) is 178 cm³/mol. The highest BCUT2D eigenvalue weighted by atomic mass is 35.5. The third-order valence-electron chi connectivity index (χ3n) is 10.1. The van der Waals surface area contributed by atoms with Crippen LogP contribution in [0.2, 0.25) is 5.02 Å². The second-order valence-corrected chi connectivity index (χ2v) is 13.8. The molecule has 7 rings (SSSR count). The maximum Gasteiger partial charge on any atom is 0.318 e. The number of hydrogen-bond acceptors (Lipinski definition) is 7. The highest BCUT2D eigenvalue weighted by molar-refractivity contribution is 6.36. The van der Waals surface area contributed by atoms with Crippen LogP contribution in [0.5, 0.6) is 6.01 Å². The van der Waals surface area contributed by atoms with Crippen molar-refractivity contribution in [1.29, 1.82) is 0 Å². The number of fused-ring (bicyclic) bond motifs is 2. The zero-order chi connectivity index (χ0) is 32.9. The van der Waals surface area contributed by atoms with Crippen LogP contribution in [-0.2, 0) is 17.8 Å². The SMILES string of the molecule is [C-]#[N+]C[C@H]1CN(c2nc(OCC3(CN(C)C4CC4)CC3)nc3c2CCN(c2cccc4ccc(F)c(Cl)c24)C3)CCN1C(=O)C(=C)F. The quantitative estimate of drug-likeness (QED) is 0.205. The predicted octanol–water partition coefficient (Wildman–Crippen LogP) is 5.66. The minimum absolute atomic E-state index is 0.0371. The van der Waals surface area contributed by atoms with Gasteiger partial charge in [-0.3, -0.25) is 4.79 Å². The first-order valence-electron chi connectivity index (χ1n) is 16.2. The van der Waals surface area contributed by atoms with Crippen LogP contribution in [-0.4, -0.2) is 90.7 Å². The molecule has 3 aromatic rings. The summed E-state index contributed by atoms with van der Waals surface area (Å²) in [6.07, 6.45) is 5.31. The molecule has 1 atom stereocenters. The number of aromatic nitrogens is 2. The molecule has 0 N–H and O–H groups in total. The molecule has 1 amide bonds. The first kappa shape index (κ1) is 31.6. The lowest BCUT2D eigenvalue weighted by atomic mass is 10.0. The van der Waals surface area contributed by atoms with Crippen LogP contribution in [0.4, 0.5) is 20.3 Å². The van der Waals surface area contributed by atoms with Crippen molar-refractivity contribution in [2.24, 2.45) is 5.41 Å². The maximum atomic E-state index is 14.6. The molecule has 2 aromatic carbocycles. The van der Waals surface area contributed by atoms with Crippen molar-refractivity contribution in [3.63, 3.8) is 0 Å². The number of benzene rings is 2. The number of nitrogens with zero attached hydrogens (tertiary/aromatic N) is 7. The number of piperazine rings is 1. The van der Waals surface area contributed by atoms with Gasteiger partial charge in [0.15, 0.2) is 5.83 Å². The van der Waals surface area contributed by atoms with Crippen molar-refractivity contribution in [2.45, 2.75) is 50.7 Å². The average molecular weight is 662 g/mol. The van der Waals surface area contributed by atoms with Crippen molar-refractivity contribution in [3.05, 3.63) is 76.3 Å². The van der Waals surface area contributed by atoms with Gasteiger partial charge in [0.1, 0.15) is 17.7 Å². The number of carbonyl (C=O) groups excluding carboxylic acids is 1. The molecule has 1 saturated heterocycles. The lowest BCUT2D eigenvalue weighted by molar-refractivity contribution is -0.131. The summed E-state index contributed by atoms with van der Waals surface area (Å²) < 4.78 is 34.9. The molecule has 12 heteroatoms. The fourth-order valence-corrected chi connectivity index (χ4v) is 7.39. The highest BCUT2D eigenvalue weighted by Gasteiger charge is 2.46. The van der Waals surface area contributed by atoms with E-state index in [4.69, 9.17) is 32.9 Å². The summed E-state index contributed by atoms with van der Waals surface area (Å²) >= 11 is 6.51. The largest absolute Gasteiger partial charge is 0.463 e. The Morgan fingerprint density at radius 3 is 2.72 bits per heavy atom. The summed E-state index contributed by atoms with van der Waals surface area (Å²) in [4.78, 5) is 34.1. The maximum absolute atomic E-state index is 14.6. The Hall–Kier alpha value is -4.01. The standard InChI is InChI=1S/C35H38ClF2N7O2/c1-22(37)33(46)45-16-15-44(18-25(45)17-39-2)32-26-11-14-43(29-6-4-5-23-7-10-27(38)31(36)30(23)29)19-28(26)40-34(41-32)47-21-35(12-13-35)20-42(3)24-8-9-24/h4-7,10,24-25H,1,8-9,11-21H2,3H3/t25-/m0/s1. The number of hydrogen-bond donors (Lipinski definition) is 0. The van der Waals surface area contributed by atoms with Gasteiger partial charge in [-0.25, -0.2) is 15.4 Å². The zero-order valence-corrected chi connectivity index (χ0v) is 27.3. The monoisotopic (exact) mass is 661 g/mol. The molecule has 0 radical (unpaired) electrons. The van der Waals surface area contributed by atoms with Gasteiger partial charge in [-0.1, -0.05) is 36.4 Å². The number of rotatable bonds is 10. The first-order valence-corrected chi connectivity index (χ1v) is 16.6. The Kier molecular flexibility index (Phi) is 8.43. The summed E-state index contributed by atoms with van der Waals surface area (Å²) in [5, 5.41) is 1.61. The third kappa shape index (κ3) is 6.33. The molecule has 3 fully saturated rings. The first-order chi connectivity index (χ1) is 22.7. The Morgan fingerprint density at radius 1 is 1.19 bits per heavy atom. The Labute approximate surface area is 278 Å². The molecule has 0 bridgehead atoms. The molecule has 246 valence electrons. The van der Waals surface area contributed by atoms with E-state index in [1.165, 1.54) is 23.8 Å². The van der Waals surface area contributed by atoms with Crippen LogP contribution in [0.15, 0.2) is 42.7 Å². The minimum Gasteiger partial charge on any atom is -0.463 e. The molecule has 2 saturated carbocycles. The van der Waals surface area contributed by atoms with Gasteiger partial charge < -0.3 is 29.2 Å². The van der Waals surface area contributed by atoms with E-state index < -0.39 is 23.6 Å². The van der Waals surface area contributed by atoms with E-state index >= 15 is 0 Å². The fourth-order valence-electron chi connectivity index (χ4n) is 7.12. The molecule has 2 aliphatic carbocycles. The number of halogens is 3. The minimum atomic E-state index is -1.03. The van der Waals surface area contributed by atoms with E-state index in [9.17, 15) is 13.6 Å². The third-order valence-corrected chi connectivity index (χ3v) is 10.4. The number of anilines is 2. The van der Waals surface area contributed by atoms with Gasteiger partial charge in [-0.15, -0.1) is 0 Å². The van der Waals surface area contributed by atoms with Crippen molar-refractivity contribution in [1.82, 2.24) is 19.8 Å². The van der Waals surface area contributed by atoms with Gasteiger partial charge in [0, 0.05) is 60.8 Å². The Bertz CT molecular complexity index is 1770. The van der Waals surface area contributed by atoms with Crippen molar-refractivity contribution >= 4 is 39.8 Å². The van der Waals surface area contributed by atoms with E-state index in [0.29, 0.717) is 62.5 Å². The van der Waals surface area contributed by atoms with E-state index in [1.807, 2.05) is 18.2 Å². The molecule has 0 unspecified atom stereocenters. The molecular weight excluding hydrogens is 624 g/mol. The molecule has 2 aliphatic heterocycles. The number of carbonyl (C=O) groups is 1. The Morgan fingerprint density at radius 2 is 2.00 bits per heavy atom. The van der Waals surface area contributed by atoms with Gasteiger partial charge >= 0.3 is 6.01 Å². The molecule has 4 aliphatic rings. The highest BCUT2D eigenvalue weighted by Crippen LogP contribution is 2.48. The second kappa shape index (κ2) is 12.5. The van der Waals surface area contributed by atoms with Crippen LogP contribution < -0.4 is 14.5 Å². The summed E-state index contributed by atoms with van der Waals surface area (Å²) in [6, 6.07) is 9.39. The van der Waals surface area contributed by atoms with E-state index in [2.05, 4.69) is 33.2 Å². The van der Waals surface area contributed by atoms with Crippen molar-refractivity contribution in [2.75, 3.05) is 62.7 Å². The van der Waals surface area contributed by atoms with Crippen molar-refractivity contribution in [3.8, 4) is 6.01 Å². The van der Waals surface area contributed by atoms with Gasteiger partial charge in [0.25, 0.3) is 5.91 Å². The summed E-state index contributed by atoms with van der Waals surface area (Å²) in [7, 11) is 2.19. The number of amides is 1. The van der Waals surface area contributed by atoms with Gasteiger partial charge in [0.2, 0.25) is 6.54 Å². The average Bonchev–Trinajstić information content (AvgIpc) is 4.01. The summed E-state index contributed by atoms with van der Waals surface area (Å²) in [5.41, 5.74) is 2.69. The molecule has 47 heavy (non-hydrogen) atoms. The normalized spacial score (nSPS) is 20.3. The van der Waals surface area contributed by atoms with E-state index in [0.717, 1.165) is 41.7 Å². The summed E-state index contributed by atoms with van der Waals surface area (Å²) in [5.74, 6) is -1.56. The van der Waals surface area contributed by atoms with Gasteiger partial charge in [0.05, 0.1) is 23.9 Å².